The zero-order chi connectivity index (χ0) is 14.9. The molecule has 112 valence electrons. The van der Waals surface area contributed by atoms with Crippen LogP contribution in [0.2, 0.25) is 0 Å². The van der Waals surface area contributed by atoms with Gasteiger partial charge in [-0.2, -0.15) is 0 Å². The standard InChI is InChI=1S/C12H16F2N2O3S/c1-19-10-4-2-3-9(10)16-20(17,18)11-6-7(15)5-8(13)12(11)14/h5-6,9-10,16H,2-4,15H2,1H3. The molecule has 5 nitrogen and oxygen atoms in total. The maximum Gasteiger partial charge on any atom is 0.244 e. The highest BCUT2D eigenvalue weighted by molar-refractivity contribution is 7.89. The first-order valence-electron chi connectivity index (χ1n) is 6.15. The van der Waals surface area contributed by atoms with E-state index >= 15 is 0 Å². The van der Waals surface area contributed by atoms with Gasteiger partial charge in [0.15, 0.2) is 11.6 Å². The highest BCUT2D eigenvalue weighted by Gasteiger charge is 2.33. The Morgan fingerprint density at radius 1 is 1.35 bits per heavy atom. The van der Waals surface area contributed by atoms with Crippen molar-refractivity contribution in [2.24, 2.45) is 0 Å². The van der Waals surface area contributed by atoms with Crippen LogP contribution in [0.1, 0.15) is 19.3 Å². The van der Waals surface area contributed by atoms with Crippen molar-refractivity contribution in [3.8, 4) is 0 Å². The third-order valence-corrected chi connectivity index (χ3v) is 4.86. The van der Waals surface area contributed by atoms with E-state index in [2.05, 4.69) is 4.72 Å². The number of rotatable bonds is 4. The fraction of sp³-hybridized carbons (Fsp3) is 0.500. The van der Waals surface area contributed by atoms with Gasteiger partial charge in [-0.05, 0) is 31.4 Å². The first-order valence-corrected chi connectivity index (χ1v) is 7.63. The molecule has 20 heavy (non-hydrogen) atoms. The molecule has 2 unspecified atom stereocenters. The molecule has 1 aliphatic carbocycles. The lowest BCUT2D eigenvalue weighted by Crippen LogP contribution is -2.41. The lowest BCUT2D eigenvalue weighted by atomic mass is 10.2. The van der Waals surface area contributed by atoms with Crippen molar-refractivity contribution in [2.45, 2.75) is 36.3 Å². The number of hydrogen-bond acceptors (Lipinski definition) is 4. The molecule has 0 aliphatic heterocycles. The smallest absolute Gasteiger partial charge is 0.244 e. The van der Waals surface area contributed by atoms with Crippen molar-refractivity contribution >= 4 is 15.7 Å². The number of sulfonamides is 1. The molecule has 0 radical (unpaired) electrons. The van der Waals surface area contributed by atoms with Crippen molar-refractivity contribution in [3.05, 3.63) is 23.8 Å². The minimum Gasteiger partial charge on any atom is -0.399 e. The number of benzene rings is 1. The van der Waals surface area contributed by atoms with Gasteiger partial charge in [-0.15, -0.1) is 0 Å². The van der Waals surface area contributed by atoms with Crippen LogP contribution in [0, 0.1) is 11.6 Å². The van der Waals surface area contributed by atoms with E-state index < -0.39 is 32.6 Å². The molecule has 1 aromatic rings. The molecule has 1 saturated carbocycles. The quantitative estimate of drug-likeness (QED) is 0.824. The largest absolute Gasteiger partial charge is 0.399 e. The average molecular weight is 306 g/mol. The van der Waals surface area contributed by atoms with Crippen molar-refractivity contribution in [1.29, 1.82) is 0 Å². The number of anilines is 1. The highest BCUT2D eigenvalue weighted by atomic mass is 32.2. The Kier molecular flexibility index (Phi) is 4.26. The van der Waals surface area contributed by atoms with Crippen LogP contribution >= 0.6 is 0 Å². The van der Waals surface area contributed by atoms with E-state index in [4.69, 9.17) is 10.5 Å². The first kappa shape index (κ1) is 15.1. The Morgan fingerprint density at radius 3 is 2.70 bits per heavy atom. The highest BCUT2D eigenvalue weighted by Crippen LogP contribution is 2.26. The number of ether oxygens (including phenoxy) is 1. The fourth-order valence-electron chi connectivity index (χ4n) is 2.39. The predicted octanol–water partition coefficient (Wildman–Crippen LogP) is 1.39. The molecular weight excluding hydrogens is 290 g/mol. The third kappa shape index (κ3) is 2.92. The van der Waals surface area contributed by atoms with Gasteiger partial charge >= 0.3 is 0 Å². The Bertz CT molecular complexity index is 607. The third-order valence-electron chi connectivity index (χ3n) is 3.37. The Morgan fingerprint density at radius 2 is 2.05 bits per heavy atom. The summed E-state index contributed by atoms with van der Waals surface area (Å²) >= 11 is 0. The van der Waals surface area contributed by atoms with Gasteiger partial charge in [0.05, 0.1) is 6.10 Å². The number of hydrogen-bond donors (Lipinski definition) is 2. The molecule has 1 fully saturated rings. The van der Waals surface area contributed by atoms with Crippen LogP contribution in [0.4, 0.5) is 14.5 Å². The van der Waals surface area contributed by atoms with Crippen LogP contribution in [-0.2, 0) is 14.8 Å². The number of nitrogens with one attached hydrogen (secondary N) is 1. The van der Waals surface area contributed by atoms with Gasteiger partial charge in [-0.3, -0.25) is 0 Å². The minimum atomic E-state index is -4.19. The van der Waals surface area contributed by atoms with Crippen molar-refractivity contribution in [2.75, 3.05) is 12.8 Å². The summed E-state index contributed by atoms with van der Waals surface area (Å²) < 4.78 is 58.7. The summed E-state index contributed by atoms with van der Waals surface area (Å²) in [7, 11) is -2.70. The molecule has 3 N–H and O–H groups in total. The van der Waals surface area contributed by atoms with Crippen LogP contribution in [-0.4, -0.2) is 27.7 Å². The number of methoxy groups -OCH3 is 1. The molecule has 1 aromatic carbocycles. The second-order valence-corrected chi connectivity index (χ2v) is 6.43. The summed E-state index contributed by atoms with van der Waals surface area (Å²) in [4.78, 5) is -0.781. The van der Waals surface area contributed by atoms with E-state index in [1.165, 1.54) is 7.11 Å². The summed E-state index contributed by atoms with van der Waals surface area (Å²) in [5.74, 6) is -2.72. The maximum absolute atomic E-state index is 13.6. The van der Waals surface area contributed by atoms with Crippen LogP contribution in [0.15, 0.2) is 17.0 Å². The molecule has 0 bridgehead atoms. The van der Waals surface area contributed by atoms with Gasteiger partial charge in [0.25, 0.3) is 0 Å². The lowest BCUT2D eigenvalue weighted by molar-refractivity contribution is 0.0916. The predicted molar refractivity (Wildman–Crippen MR) is 69.5 cm³/mol. The van der Waals surface area contributed by atoms with E-state index in [1.807, 2.05) is 0 Å². The number of nitrogen functional groups attached to an aromatic ring is 1. The summed E-state index contributed by atoms with van der Waals surface area (Å²) in [5.41, 5.74) is 5.21. The van der Waals surface area contributed by atoms with Gasteiger partial charge < -0.3 is 10.5 Å². The van der Waals surface area contributed by atoms with E-state index in [1.54, 1.807) is 0 Å². The number of nitrogens with two attached hydrogens (primary N) is 1. The van der Waals surface area contributed by atoms with E-state index in [9.17, 15) is 17.2 Å². The van der Waals surface area contributed by atoms with Crippen LogP contribution in [0.25, 0.3) is 0 Å². The zero-order valence-corrected chi connectivity index (χ0v) is 11.7. The molecule has 0 heterocycles. The van der Waals surface area contributed by atoms with Crippen LogP contribution < -0.4 is 10.5 Å². The topological polar surface area (TPSA) is 81.4 Å². The van der Waals surface area contributed by atoms with Crippen LogP contribution in [0.5, 0.6) is 0 Å². The second kappa shape index (κ2) is 5.63. The van der Waals surface area contributed by atoms with Crippen LogP contribution in [0.3, 0.4) is 0 Å². The molecule has 0 saturated heterocycles. The summed E-state index contributed by atoms with van der Waals surface area (Å²) in [5, 5.41) is 0. The fourth-order valence-corrected chi connectivity index (χ4v) is 3.80. The minimum absolute atomic E-state index is 0.154. The molecule has 0 aromatic heterocycles. The second-order valence-electron chi connectivity index (χ2n) is 4.75. The monoisotopic (exact) mass is 306 g/mol. The van der Waals surface area contributed by atoms with Gasteiger partial charge in [-0.1, -0.05) is 0 Å². The first-order chi connectivity index (χ1) is 9.35. The molecule has 0 spiro atoms. The van der Waals surface area contributed by atoms with Gasteiger partial charge in [-0.25, -0.2) is 21.9 Å². The molecule has 2 atom stereocenters. The Balaban J connectivity index is 2.31. The molecule has 8 heteroatoms. The lowest BCUT2D eigenvalue weighted by Gasteiger charge is -2.20. The Hall–Kier alpha value is -1.25. The van der Waals surface area contributed by atoms with E-state index in [0.29, 0.717) is 6.42 Å². The number of halogens is 2. The van der Waals surface area contributed by atoms with E-state index in [0.717, 1.165) is 25.0 Å². The van der Waals surface area contributed by atoms with Gasteiger partial charge in [0.2, 0.25) is 10.0 Å². The van der Waals surface area contributed by atoms with Crippen molar-refractivity contribution in [3.63, 3.8) is 0 Å². The van der Waals surface area contributed by atoms with E-state index in [-0.39, 0.29) is 11.8 Å². The zero-order valence-electron chi connectivity index (χ0n) is 10.9. The molecule has 1 aliphatic rings. The Labute approximate surface area is 116 Å². The SMILES string of the molecule is COC1CCCC1NS(=O)(=O)c1cc(N)cc(F)c1F. The summed E-state index contributed by atoms with van der Waals surface area (Å²) in [6.45, 7) is 0. The summed E-state index contributed by atoms with van der Waals surface area (Å²) in [6, 6.07) is 1.19. The van der Waals surface area contributed by atoms with Crippen molar-refractivity contribution < 1.29 is 21.9 Å². The maximum atomic E-state index is 13.6. The average Bonchev–Trinajstić information content (AvgIpc) is 2.80. The molecule has 2 rings (SSSR count). The normalized spacial score (nSPS) is 23.1. The summed E-state index contributed by atoms with van der Waals surface area (Å²) in [6.07, 6.45) is 1.85. The van der Waals surface area contributed by atoms with Gasteiger partial charge in [0.1, 0.15) is 4.90 Å². The molecule has 0 amide bonds. The van der Waals surface area contributed by atoms with Crippen molar-refractivity contribution in [1.82, 2.24) is 4.72 Å². The molecular formula is C12H16F2N2O3S. The van der Waals surface area contributed by atoms with Gasteiger partial charge in [0, 0.05) is 18.8 Å².